The molecule has 1 fully saturated rings. The van der Waals surface area contributed by atoms with Crippen LogP contribution in [0, 0.1) is 0 Å². The lowest BCUT2D eigenvalue weighted by Gasteiger charge is -2.33. The van der Waals surface area contributed by atoms with Gasteiger partial charge in [0, 0.05) is 11.0 Å². The van der Waals surface area contributed by atoms with Gasteiger partial charge >= 0.3 is 0 Å². The number of ether oxygens (including phenoxy) is 1. The Kier molecular flexibility index (Phi) is 4.18. The van der Waals surface area contributed by atoms with E-state index in [1.807, 2.05) is 36.1 Å². The first-order chi connectivity index (χ1) is 8.16. The normalized spacial score (nSPS) is 20.4. The summed E-state index contributed by atoms with van der Waals surface area (Å²) in [6, 6.07) is 8.07. The largest absolute Gasteiger partial charge is 0.377 e. The summed E-state index contributed by atoms with van der Waals surface area (Å²) in [6.07, 6.45) is 0.470. The number of hydrogen-bond acceptors (Lipinski definition) is 2. The minimum absolute atomic E-state index is 0.183. The van der Waals surface area contributed by atoms with Gasteiger partial charge in [-0.1, -0.05) is 28.1 Å². The molecule has 0 radical (unpaired) electrons. The third-order valence-corrected chi connectivity index (χ3v) is 3.49. The monoisotopic (exact) mass is 297 g/mol. The topological polar surface area (TPSA) is 29.5 Å². The number of hydrogen-bond donors (Lipinski definition) is 0. The average molecular weight is 298 g/mol. The van der Waals surface area contributed by atoms with E-state index in [0.717, 1.165) is 10.0 Å². The summed E-state index contributed by atoms with van der Waals surface area (Å²) in [6.45, 7) is 4.03. The maximum Gasteiger partial charge on any atom is 0.227 e. The van der Waals surface area contributed by atoms with Crippen LogP contribution in [0.15, 0.2) is 28.7 Å². The van der Waals surface area contributed by atoms with E-state index in [2.05, 4.69) is 15.9 Å². The summed E-state index contributed by atoms with van der Waals surface area (Å²) in [5.74, 6) is 0.183. The van der Waals surface area contributed by atoms with Gasteiger partial charge in [0.1, 0.15) is 0 Å². The van der Waals surface area contributed by atoms with Crippen molar-refractivity contribution in [2.75, 3.05) is 19.8 Å². The highest BCUT2D eigenvalue weighted by atomic mass is 79.9. The van der Waals surface area contributed by atoms with E-state index in [1.54, 1.807) is 0 Å². The molecular weight excluding hydrogens is 282 g/mol. The Balaban J connectivity index is 1.98. The van der Waals surface area contributed by atoms with Crippen LogP contribution in [0.3, 0.4) is 0 Å². The van der Waals surface area contributed by atoms with Gasteiger partial charge in [-0.3, -0.25) is 4.79 Å². The molecule has 3 nitrogen and oxygen atoms in total. The highest BCUT2D eigenvalue weighted by Gasteiger charge is 2.23. The van der Waals surface area contributed by atoms with Gasteiger partial charge in [-0.15, -0.1) is 0 Å². The molecule has 1 aromatic carbocycles. The predicted octanol–water partition coefficient (Wildman–Crippen LogP) is 2.24. The minimum Gasteiger partial charge on any atom is -0.377 e. The molecule has 1 aliphatic heterocycles. The quantitative estimate of drug-likeness (QED) is 0.838. The van der Waals surface area contributed by atoms with Crippen molar-refractivity contribution in [2.24, 2.45) is 0 Å². The zero-order valence-corrected chi connectivity index (χ0v) is 11.4. The zero-order valence-electron chi connectivity index (χ0n) is 9.86. The van der Waals surface area contributed by atoms with Gasteiger partial charge in [-0.2, -0.15) is 0 Å². The SMILES string of the molecule is C[C@H]1COCCN1C(=O)Cc1ccc(Br)cc1. The average Bonchev–Trinajstić information content (AvgIpc) is 2.32. The zero-order chi connectivity index (χ0) is 12.3. The molecule has 1 amide bonds. The second-order valence-corrected chi connectivity index (χ2v) is 5.23. The van der Waals surface area contributed by atoms with Crippen LogP contribution in [0.4, 0.5) is 0 Å². The van der Waals surface area contributed by atoms with Gasteiger partial charge in [-0.25, -0.2) is 0 Å². The van der Waals surface area contributed by atoms with Gasteiger partial charge < -0.3 is 9.64 Å². The van der Waals surface area contributed by atoms with Crippen molar-refractivity contribution in [3.05, 3.63) is 34.3 Å². The summed E-state index contributed by atoms with van der Waals surface area (Å²) in [7, 11) is 0. The maximum absolute atomic E-state index is 12.1. The van der Waals surface area contributed by atoms with Crippen LogP contribution in [0.1, 0.15) is 12.5 Å². The lowest BCUT2D eigenvalue weighted by Crippen LogP contribution is -2.47. The maximum atomic E-state index is 12.1. The van der Waals surface area contributed by atoms with Crippen molar-refractivity contribution in [2.45, 2.75) is 19.4 Å². The van der Waals surface area contributed by atoms with Crippen LogP contribution in [0.25, 0.3) is 0 Å². The third kappa shape index (κ3) is 3.30. The molecule has 0 spiro atoms. The molecule has 1 heterocycles. The first-order valence-corrected chi connectivity index (χ1v) is 6.58. The molecule has 0 N–H and O–H groups in total. The van der Waals surface area contributed by atoms with Gasteiger partial charge in [0.2, 0.25) is 5.91 Å². The molecule has 0 unspecified atom stereocenters. The van der Waals surface area contributed by atoms with E-state index in [0.29, 0.717) is 26.2 Å². The Bertz CT molecular complexity index is 391. The molecule has 0 saturated carbocycles. The number of benzene rings is 1. The fourth-order valence-corrected chi connectivity index (χ4v) is 2.24. The molecule has 1 saturated heterocycles. The molecule has 4 heteroatoms. The second kappa shape index (κ2) is 5.65. The lowest BCUT2D eigenvalue weighted by atomic mass is 10.1. The van der Waals surface area contributed by atoms with E-state index >= 15 is 0 Å². The Morgan fingerprint density at radius 2 is 2.18 bits per heavy atom. The summed E-state index contributed by atoms with van der Waals surface area (Å²) in [5, 5.41) is 0. The van der Waals surface area contributed by atoms with Crippen LogP contribution in [0.5, 0.6) is 0 Å². The highest BCUT2D eigenvalue weighted by Crippen LogP contribution is 2.13. The van der Waals surface area contributed by atoms with Gasteiger partial charge in [0.05, 0.1) is 25.7 Å². The number of amides is 1. The Morgan fingerprint density at radius 3 is 2.82 bits per heavy atom. The van der Waals surface area contributed by atoms with Crippen LogP contribution in [0.2, 0.25) is 0 Å². The van der Waals surface area contributed by atoms with Crippen molar-refractivity contribution in [1.82, 2.24) is 4.90 Å². The molecule has 1 atom stereocenters. The van der Waals surface area contributed by atoms with Gasteiger partial charge in [0.25, 0.3) is 0 Å². The van der Waals surface area contributed by atoms with Crippen molar-refractivity contribution >= 4 is 21.8 Å². The van der Waals surface area contributed by atoms with Crippen LogP contribution >= 0.6 is 15.9 Å². The minimum atomic E-state index is 0.183. The van der Waals surface area contributed by atoms with Crippen LogP contribution in [-0.4, -0.2) is 36.6 Å². The van der Waals surface area contributed by atoms with Crippen molar-refractivity contribution < 1.29 is 9.53 Å². The van der Waals surface area contributed by atoms with Crippen molar-refractivity contribution in [1.29, 1.82) is 0 Å². The number of carbonyl (C=O) groups is 1. The number of carbonyl (C=O) groups excluding carboxylic acids is 1. The van der Waals surface area contributed by atoms with E-state index in [4.69, 9.17) is 4.74 Å². The van der Waals surface area contributed by atoms with E-state index in [9.17, 15) is 4.79 Å². The first-order valence-electron chi connectivity index (χ1n) is 5.78. The van der Waals surface area contributed by atoms with E-state index in [1.165, 1.54) is 0 Å². The predicted molar refractivity (Wildman–Crippen MR) is 69.8 cm³/mol. The third-order valence-electron chi connectivity index (χ3n) is 2.96. The van der Waals surface area contributed by atoms with E-state index < -0.39 is 0 Å². The Hall–Kier alpha value is -0.870. The molecule has 0 aromatic heterocycles. The lowest BCUT2D eigenvalue weighted by molar-refractivity contribution is -0.138. The Morgan fingerprint density at radius 1 is 1.47 bits per heavy atom. The van der Waals surface area contributed by atoms with Crippen molar-refractivity contribution in [3.8, 4) is 0 Å². The van der Waals surface area contributed by atoms with Crippen LogP contribution < -0.4 is 0 Å². The van der Waals surface area contributed by atoms with Gasteiger partial charge in [-0.05, 0) is 24.6 Å². The molecule has 92 valence electrons. The smallest absolute Gasteiger partial charge is 0.227 e. The number of halogens is 1. The highest BCUT2D eigenvalue weighted by molar-refractivity contribution is 9.10. The molecule has 1 aliphatic rings. The van der Waals surface area contributed by atoms with Gasteiger partial charge in [0.15, 0.2) is 0 Å². The summed E-state index contributed by atoms with van der Waals surface area (Å²) < 4.78 is 6.36. The molecular formula is C13H16BrNO2. The number of morpholine rings is 1. The van der Waals surface area contributed by atoms with Crippen molar-refractivity contribution in [3.63, 3.8) is 0 Å². The Labute approximate surface area is 110 Å². The fraction of sp³-hybridized carbons (Fsp3) is 0.462. The molecule has 0 aliphatic carbocycles. The molecule has 2 rings (SSSR count). The summed E-state index contributed by atoms with van der Waals surface area (Å²) >= 11 is 3.39. The summed E-state index contributed by atoms with van der Waals surface area (Å²) in [4.78, 5) is 14.0. The standard InChI is InChI=1S/C13H16BrNO2/c1-10-9-17-7-6-15(10)13(16)8-11-2-4-12(14)5-3-11/h2-5,10H,6-9H2,1H3/t10-/m0/s1. The first kappa shape index (κ1) is 12.6. The van der Waals surface area contributed by atoms with Crippen LogP contribution in [-0.2, 0) is 16.0 Å². The second-order valence-electron chi connectivity index (χ2n) is 4.31. The van der Waals surface area contributed by atoms with E-state index in [-0.39, 0.29) is 11.9 Å². The fourth-order valence-electron chi connectivity index (χ4n) is 1.98. The number of rotatable bonds is 2. The number of nitrogens with zero attached hydrogens (tertiary/aromatic N) is 1. The summed E-state index contributed by atoms with van der Waals surface area (Å²) in [5.41, 5.74) is 1.05. The molecule has 1 aromatic rings. The molecule has 0 bridgehead atoms. The molecule has 17 heavy (non-hydrogen) atoms.